The van der Waals surface area contributed by atoms with Gasteiger partial charge in [-0.3, -0.25) is 10.1 Å². The summed E-state index contributed by atoms with van der Waals surface area (Å²) in [5.41, 5.74) is -0.250. The van der Waals surface area contributed by atoms with Crippen LogP contribution in [0, 0.1) is 22.9 Å². The first-order chi connectivity index (χ1) is 11.6. The third-order valence-corrected chi connectivity index (χ3v) is 4.57. The normalized spacial score (nSPS) is 13.4. The van der Waals surface area contributed by atoms with Crippen LogP contribution in [0.3, 0.4) is 0 Å². The Labute approximate surface area is 141 Å². The quantitative estimate of drug-likeness (QED) is 0.334. The molecule has 0 aliphatic heterocycles. The molecule has 0 bridgehead atoms. The second-order valence-corrected chi connectivity index (χ2v) is 6.68. The van der Waals surface area contributed by atoms with Crippen molar-refractivity contribution in [1.29, 1.82) is 0 Å². The fourth-order valence-corrected chi connectivity index (χ4v) is 3.02. The Bertz CT molecular complexity index is 884. The molecule has 2 aromatic rings. The van der Waals surface area contributed by atoms with E-state index >= 15 is 0 Å². The van der Waals surface area contributed by atoms with Crippen molar-refractivity contribution >= 4 is 10.1 Å². The maximum absolute atomic E-state index is 13.9. The van der Waals surface area contributed by atoms with E-state index in [0.29, 0.717) is 5.56 Å². The lowest BCUT2D eigenvalue weighted by molar-refractivity contribution is -0.657. The zero-order valence-corrected chi connectivity index (χ0v) is 13.5. The number of nitrogens with zero attached hydrogens (tertiary/aromatic N) is 1. The van der Waals surface area contributed by atoms with Crippen LogP contribution in [-0.2, 0) is 14.3 Å². The number of rotatable bonds is 6. The minimum atomic E-state index is -4.88. The summed E-state index contributed by atoms with van der Waals surface area (Å²) in [7, 11) is -4.81. The first-order valence-electron chi connectivity index (χ1n) is 6.82. The Kier molecular flexibility index (Phi) is 5.14. The number of hydrogen-bond donors (Lipinski definition) is 0. The Hall–Kier alpha value is -2.46. The molecule has 2 rings (SSSR count). The van der Waals surface area contributed by atoms with Gasteiger partial charge in [0, 0.05) is 5.56 Å². The lowest BCUT2D eigenvalue weighted by Gasteiger charge is -2.20. The molecule has 0 aliphatic carbocycles. The van der Waals surface area contributed by atoms with E-state index in [0.717, 1.165) is 36.4 Å². The van der Waals surface area contributed by atoms with E-state index in [4.69, 9.17) is 0 Å². The molecule has 0 amide bonds. The van der Waals surface area contributed by atoms with Gasteiger partial charge in [-0.05, 0) is 25.1 Å². The van der Waals surface area contributed by atoms with Gasteiger partial charge in [0.15, 0.2) is 0 Å². The Morgan fingerprint density at radius 2 is 1.68 bits per heavy atom. The van der Waals surface area contributed by atoms with Gasteiger partial charge in [0.25, 0.3) is 10.1 Å². The van der Waals surface area contributed by atoms with Gasteiger partial charge < -0.3 is 0 Å². The summed E-state index contributed by atoms with van der Waals surface area (Å²) in [5.74, 6) is -1.26. The van der Waals surface area contributed by atoms with Crippen molar-refractivity contribution in [3.05, 3.63) is 75.6 Å². The summed E-state index contributed by atoms with van der Waals surface area (Å²) in [5, 5.41) is 10.7. The van der Waals surface area contributed by atoms with Crippen LogP contribution >= 0.6 is 0 Å². The molecular weight excluding hydrogens is 363 g/mol. The molecule has 0 radical (unpaired) electrons. The van der Waals surface area contributed by atoms with Crippen LogP contribution in [0.1, 0.15) is 17.2 Å². The zero-order valence-electron chi connectivity index (χ0n) is 12.7. The number of aryl methyl sites for hydroxylation is 1. The average Bonchev–Trinajstić information content (AvgIpc) is 2.53. The van der Waals surface area contributed by atoms with Gasteiger partial charge >= 0.3 is 6.05 Å². The summed E-state index contributed by atoms with van der Waals surface area (Å²) in [6.45, 7) is 1.67. The molecule has 1 unspecified atom stereocenters. The molecule has 0 aromatic heterocycles. The van der Waals surface area contributed by atoms with Crippen LogP contribution in [0.15, 0.2) is 53.4 Å². The Balaban J connectivity index is 2.52. The lowest BCUT2D eigenvalue weighted by atomic mass is 10.1. The molecule has 0 N–H and O–H groups in total. The number of nitro groups is 1. The highest BCUT2D eigenvalue weighted by Gasteiger charge is 2.57. The summed E-state index contributed by atoms with van der Waals surface area (Å²) in [4.78, 5) is 8.17. The molecule has 25 heavy (non-hydrogen) atoms. The van der Waals surface area contributed by atoms with E-state index in [2.05, 4.69) is 4.18 Å². The van der Waals surface area contributed by atoms with Crippen LogP contribution in [0.5, 0.6) is 0 Å². The molecule has 134 valence electrons. The van der Waals surface area contributed by atoms with Gasteiger partial charge in [0.05, 0.1) is 9.82 Å². The number of hydrogen-bond acceptors (Lipinski definition) is 5. The third-order valence-electron chi connectivity index (χ3n) is 3.28. The predicted octanol–water partition coefficient (Wildman–Crippen LogP) is 3.45. The molecule has 0 saturated heterocycles. The number of halogens is 3. The minimum absolute atomic E-state index is 0.487. The van der Waals surface area contributed by atoms with Crippen LogP contribution < -0.4 is 0 Å². The summed E-state index contributed by atoms with van der Waals surface area (Å²) in [6, 6.07) is 3.93. The Morgan fingerprint density at radius 3 is 2.20 bits per heavy atom. The SMILES string of the molecule is Cc1ccc(S(=O)(=O)OC(c2ccccc2F)C(F)(F)[N+](=O)[O-])cc1. The fourth-order valence-electron chi connectivity index (χ4n) is 1.97. The maximum atomic E-state index is 13.9. The van der Waals surface area contributed by atoms with Crippen molar-refractivity contribution in [2.75, 3.05) is 0 Å². The van der Waals surface area contributed by atoms with Gasteiger partial charge in [0.1, 0.15) is 5.82 Å². The molecule has 0 fully saturated rings. The molecule has 0 aliphatic rings. The highest BCUT2D eigenvalue weighted by Crippen LogP contribution is 2.38. The zero-order chi connectivity index (χ0) is 18.8. The van der Waals surface area contributed by atoms with E-state index in [9.17, 15) is 31.7 Å². The van der Waals surface area contributed by atoms with E-state index in [1.54, 1.807) is 6.92 Å². The summed E-state index contributed by atoms with van der Waals surface area (Å²) < 4.78 is 70.5. The highest BCUT2D eigenvalue weighted by molar-refractivity contribution is 7.86. The van der Waals surface area contributed by atoms with Crippen molar-refractivity contribution in [3.63, 3.8) is 0 Å². The van der Waals surface area contributed by atoms with E-state index in [1.807, 2.05) is 0 Å². The number of benzene rings is 2. The third kappa shape index (κ3) is 3.97. The van der Waals surface area contributed by atoms with Crippen LogP contribution in [0.2, 0.25) is 0 Å². The second-order valence-electron chi connectivity index (χ2n) is 5.11. The van der Waals surface area contributed by atoms with Gasteiger partial charge in [-0.2, -0.15) is 8.42 Å². The van der Waals surface area contributed by atoms with Crippen molar-refractivity contribution < 1.29 is 30.7 Å². The summed E-state index contributed by atoms with van der Waals surface area (Å²) >= 11 is 0. The highest BCUT2D eigenvalue weighted by atomic mass is 32.2. The topological polar surface area (TPSA) is 86.5 Å². The number of alkyl halides is 2. The lowest BCUT2D eigenvalue weighted by Crippen LogP contribution is -2.38. The van der Waals surface area contributed by atoms with Gasteiger partial charge in [0.2, 0.25) is 6.10 Å². The largest absolute Gasteiger partial charge is 0.543 e. The molecule has 6 nitrogen and oxygen atoms in total. The maximum Gasteiger partial charge on any atom is 0.543 e. The summed E-state index contributed by atoms with van der Waals surface area (Å²) in [6.07, 6.45) is -2.96. The standard InChI is InChI=1S/C15H12F3NO5S/c1-10-6-8-11(9-7-10)25(22,23)24-14(15(17,18)19(20)21)12-4-2-3-5-13(12)16/h2-9,14H,1H3. The van der Waals surface area contributed by atoms with Crippen molar-refractivity contribution in [1.82, 2.24) is 0 Å². The molecular formula is C15H12F3NO5S. The average molecular weight is 375 g/mol. The molecule has 10 heteroatoms. The van der Waals surface area contributed by atoms with Crippen LogP contribution in [0.25, 0.3) is 0 Å². The van der Waals surface area contributed by atoms with Gasteiger partial charge in [-0.1, -0.05) is 35.9 Å². The van der Waals surface area contributed by atoms with Gasteiger partial charge in [-0.15, -0.1) is 8.78 Å². The van der Waals surface area contributed by atoms with Crippen molar-refractivity contribution in [2.45, 2.75) is 24.0 Å². The first-order valence-corrected chi connectivity index (χ1v) is 8.23. The van der Waals surface area contributed by atoms with Gasteiger partial charge in [-0.25, -0.2) is 8.57 Å². The Morgan fingerprint density at radius 1 is 1.12 bits per heavy atom. The smallest absolute Gasteiger partial charge is 0.259 e. The van der Waals surface area contributed by atoms with Crippen LogP contribution in [0.4, 0.5) is 13.2 Å². The van der Waals surface area contributed by atoms with E-state index < -0.39 is 43.5 Å². The molecule has 0 saturated carbocycles. The molecule has 1 atom stereocenters. The van der Waals surface area contributed by atoms with Crippen molar-refractivity contribution in [2.24, 2.45) is 0 Å². The second kappa shape index (κ2) is 6.81. The van der Waals surface area contributed by atoms with Crippen LogP contribution in [-0.4, -0.2) is 19.4 Å². The minimum Gasteiger partial charge on any atom is -0.259 e. The van der Waals surface area contributed by atoms with Crippen molar-refractivity contribution in [3.8, 4) is 0 Å². The molecule has 0 spiro atoms. The fraction of sp³-hybridized carbons (Fsp3) is 0.200. The van der Waals surface area contributed by atoms with E-state index in [-0.39, 0.29) is 0 Å². The molecule has 2 aromatic carbocycles. The molecule has 0 heterocycles. The predicted molar refractivity (Wildman–Crippen MR) is 80.5 cm³/mol. The monoisotopic (exact) mass is 375 g/mol. The first kappa shape index (κ1) is 18.9. The van der Waals surface area contributed by atoms with E-state index in [1.165, 1.54) is 12.1 Å².